The number of benzene rings is 2. The minimum Gasteiger partial charge on any atom is -0.493 e. The molecule has 2 aromatic carbocycles. The summed E-state index contributed by atoms with van der Waals surface area (Å²) < 4.78 is 53.4. The molecule has 0 fully saturated rings. The van der Waals surface area contributed by atoms with Crippen LogP contribution < -0.4 is 14.8 Å². The van der Waals surface area contributed by atoms with E-state index in [1.807, 2.05) is 0 Å². The highest BCUT2D eigenvalue weighted by Gasteiger charge is 2.15. The number of halogens is 3. The average molecular weight is 405 g/mol. The summed E-state index contributed by atoms with van der Waals surface area (Å²) in [5, 5.41) is 2.69. The van der Waals surface area contributed by atoms with E-state index in [0.717, 1.165) is 5.56 Å². The molecule has 0 aliphatic heterocycles. The summed E-state index contributed by atoms with van der Waals surface area (Å²) in [7, 11) is 1.35. The molecular weight excluding hydrogens is 387 g/mol. The van der Waals surface area contributed by atoms with Crippen LogP contribution in [0.25, 0.3) is 11.3 Å². The van der Waals surface area contributed by atoms with Crippen molar-refractivity contribution in [2.75, 3.05) is 13.7 Å². The van der Waals surface area contributed by atoms with E-state index < -0.39 is 18.3 Å². The van der Waals surface area contributed by atoms with E-state index >= 15 is 0 Å². The van der Waals surface area contributed by atoms with Crippen LogP contribution in [0.3, 0.4) is 0 Å². The average Bonchev–Trinajstić information content (AvgIpc) is 3.19. The van der Waals surface area contributed by atoms with Crippen molar-refractivity contribution in [3.63, 3.8) is 0 Å². The summed E-state index contributed by atoms with van der Waals surface area (Å²) in [6, 6.07) is 13.7. The molecule has 1 N–H and O–H groups in total. The molecule has 0 unspecified atom stereocenters. The number of amides is 1. The van der Waals surface area contributed by atoms with Crippen LogP contribution in [-0.2, 0) is 6.42 Å². The normalized spacial score (nSPS) is 10.8. The van der Waals surface area contributed by atoms with Crippen molar-refractivity contribution in [3.05, 3.63) is 71.7 Å². The number of ether oxygens (including phenoxy) is 2. The Bertz CT molecular complexity index is 988. The Hall–Kier alpha value is -3.42. The summed E-state index contributed by atoms with van der Waals surface area (Å²) in [6.45, 7) is -2.68. The quantitative estimate of drug-likeness (QED) is 0.592. The lowest BCUT2D eigenvalue weighted by atomic mass is 10.1. The maximum Gasteiger partial charge on any atom is 0.387 e. The third-order valence-electron chi connectivity index (χ3n) is 4.11. The van der Waals surface area contributed by atoms with Crippen molar-refractivity contribution in [2.45, 2.75) is 13.0 Å². The SMILES string of the molecule is COc1cc(CCNC(=O)c2ccc(-c3ccccc3F)o2)ccc1OC(F)F. The molecule has 0 bridgehead atoms. The number of hydrogen-bond donors (Lipinski definition) is 1. The van der Waals surface area contributed by atoms with Gasteiger partial charge in [0.1, 0.15) is 11.6 Å². The van der Waals surface area contributed by atoms with Crippen LogP contribution in [0.2, 0.25) is 0 Å². The first-order chi connectivity index (χ1) is 14.0. The molecule has 1 heterocycles. The molecule has 8 heteroatoms. The zero-order valence-electron chi connectivity index (χ0n) is 15.5. The second kappa shape index (κ2) is 9.18. The number of methoxy groups -OCH3 is 1. The van der Waals surface area contributed by atoms with Crippen LogP contribution in [0.1, 0.15) is 16.1 Å². The van der Waals surface area contributed by atoms with Crippen LogP contribution in [0, 0.1) is 5.82 Å². The second-order valence-electron chi connectivity index (χ2n) is 6.01. The van der Waals surface area contributed by atoms with Gasteiger partial charge in [0.2, 0.25) is 0 Å². The van der Waals surface area contributed by atoms with Gasteiger partial charge >= 0.3 is 6.61 Å². The van der Waals surface area contributed by atoms with Gasteiger partial charge in [-0.2, -0.15) is 8.78 Å². The van der Waals surface area contributed by atoms with Gasteiger partial charge in [-0.3, -0.25) is 4.79 Å². The van der Waals surface area contributed by atoms with Crippen molar-refractivity contribution < 1.29 is 31.9 Å². The van der Waals surface area contributed by atoms with Crippen LogP contribution in [0.5, 0.6) is 11.5 Å². The maximum atomic E-state index is 13.8. The van der Waals surface area contributed by atoms with Crippen molar-refractivity contribution in [1.29, 1.82) is 0 Å². The van der Waals surface area contributed by atoms with E-state index in [9.17, 15) is 18.0 Å². The fourth-order valence-corrected chi connectivity index (χ4v) is 2.73. The largest absolute Gasteiger partial charge is 0.493 e. The van der Waals surface area contributed by atoms with Crippen LogP contribution in [-0.4, -0.2) is 26.2 Å². The minimum atomic E-state index is -2.95. The van der Waals surface area contributed by atoms with Crippen molar-refractivity contribution in [2.24, 2.45) is 0 Å². The van der Waals surface area contributed by atoms with E-state index in [1.54, 1.807) is 30.3 Å². The standard InChI is InChI=1S/C21H18F3NO4/c1-27-19-12-13(6-7-17(19)29-21(23)24)10-11-25-20(26)18-9-8-16(28-18)14-4-2-3-5-15(14)22/h2-9,12,21H,10-11H2,1H3,(H,25,26). The zero-order chi connectivity index (χ0) is 20.8. The molecule has 29 heavy (non-hydrogen) atoms. The van der Waals surface area contributed by atoms with Crippen LogP contribution in [0.4, 0.5) is 13.2 Å². The number of furan rings is 1. The highest BCUT2D eigenvalue weighted by atomic mass is 19.3. The number of alkyl halides is 2. The van der Waals surface area contributed by atoms with Crippen molar-refractivity contribution >= 4 is 5.91 Å². The molecule has 0 aliphatic carbocycles. The molecule has 0 aliphatic rings. The van der Waals surface area contributed by atoms with E-state index in [-0.39, 0.29) is 35.1 Å². The maximum absolute atomic E-state index is 13.8. The molecule has 1 amide bonds. The van der Waals surface area contributed by atoms with E-state index in [1.165, 1.54) is 31.4 Å². The molecule has 0 radical (unpaired) electrons. The summed E-state index contributed by atoms with van der Waals surface area (Å²) in [5.74, 6) is -0.463. The van der Waals surface area contributed by atoms with E-state index in [2.05, 4.69) is 10.1 Å². The Kier molecular flexibility index (Phi) is 6.43. The summed E-state index contributed by atoms with van der Waals surface area (Å²) in [5.41, 5.74) is 1.03. The Morgan fingerprint density at radius 3 is 2.62 bits per heavy atom. The topological polar surface area (TPSA) is 60.7 Å². The number of nitrogens with one attached hydrogen (secondary N) is 1. The Morgan fingerprint density at radius 2 is 1.90 bits per heavy atom. The van der Waals surface area contributed by atoms with Crippen LogP contribution in [0.15, 0.2) is 59.0 Å². The van der Waals surface area contributed by atoms with Crippen molar-refractivity contribution in [1.82, 2.24) is 5.32 Å². The number of hydrogen-bond acceptors (Lipinski definition) is 4. The lowest BCUT2D eigenvalue weighted by Gasteiger charge is -2.11. The minimum absolute atomic E-state index is 0.0570. The third-order valence-corrected chi connectivity index (χ3v) is 4.11. The first-order valence-electron chi connectivity index (χ1n) is 8.72. The van der Waals surface area contributed by atoms with Crippen molar-refractivity contribution in [3.8, 4) is 22.8 Å². The van der Waals surface area contributed by atoms with Gasteiger partial charge in [-0.1, -0.05) is 18.2 Å². The van der Waals surface area contributed by atoms with Gasteiger partial charge < -0.3 is 19.2 Å². The lowest BCUT2D eigenvalue weighted by molar-refractivity contribution is -0.0512. The monoisotopic (exact) mass is 405 g/mol. The summed E-state index contributed by atoms with van der Waals surface area (Å²) >= 11 is 0. The molecule has 0 spiro atoms. The van der Waals surface area contributed by atoms with Gasteiger partial charge in [0.05, 0.1) is 12.7 Å². The van der Waals surface area contributed by atoms with Gasteiger partial charge in [-0.15, -0.1) is 0 Å². The molecule has 152 valence electrons. The smallest absolute Gasteiger partial charge is 0.387 e. The van der Waals surface area contributed by atoms with Gasteiger partial charge in [0, 0.05) is 6.54 Å². The Labute approximate surface area is 165 Å². The molecule has 0 saturated heterocycles. The van der Waals surface area contributed by atoms with E-state index in [4.69, 9.17) is 9.15 Å². The fraction of sp³-hybridized carbons (Fsp3) is 0.190. The fourth-order valence-electron chi connectivity index (χ4n) is 2.73. The van der Waals surface area contributed by atoms with Gasteiger partial charge in [0.25, 0.3) is 5.91 Å². The highest BCUT2D eigenvalue weighted by Crippen LogP contribution is 2.29. The first kappa shape index (κ1) is 20.3. The van der Waals surface area contributed by atoms with Gasteiger partial charge in [0.15, 0.2) is 17.3 Å². The lowest BCUT2D eigenvalue weighted by Crippen LogP contribution is -2.25. The summed E-state index contributed by atoms with van der Waals surface area (Å²) in [6.07, 6.45) is 0.429. The predicted molar refractivity (Wildman–Crippen MR) is 99.8 cm³/mol. The van der Waals surface area contributed by atoms with Crippen LogP contribution >= 0.6 is 0 Å². The molecule has 3 rings (SSSR count). The van der Waals surface area contributed by atoms with Gasteiger partial charge in [-0.25, -0.2) is 4.39 Å². The molecule has 5 nitrogen and oxygen atoms in total. The number of rotatable bonds is 8. The summed E-state index contributed by atoms with van der Waals surface area (Å²) in [4.78, 5) is 12.2. The Balaban J connectivity index is 1.58. The molecule has 1 aromatic heterocycles. The number of carbonyl (C=O) groups excluding carboxylic acids is 1. The predicted octanol–water partition coefficient (Wildman–Crippen LogP) is 4.67. The first-order valence-corrected chi connectivity index (χ1v) is 8.72. The highest BCUT2D eigenvalue weighted by molar-refractivity contribution is 5.92. The molecule has 0 atom stereocenters. The molecule has 0 saturated carbocycles. The van der Waals surface area contributed by atoms with E-state index in [0.29, 0.717) is 6.42 Å². The Morgan fingerprint density at radius 1 is 1.10 bits per heavy atom. The molecular formula is C21H18F3NO4. The number of carbonyl (C=O) groups is 1. The zero-order valence-corrected chi connectivity index (χ0v) is 15.5. The molecule has 3 aromatic rings. The second-order valence-corrected chi connectivity index (χ2v) is 6.01. The van der Waals surface area contributed by atoms with Gasteiger partial charge in [-0.05, 0) is 48.4 Å². The third kappa shape index (κ3) is 5.10.